The molecule has 3 aromatic carbocycles. The number of nitrogens with one attached hydrogen (secondary N) is 1. The molecule has 0 bridgehead atoms. The zero-order valence-corrected chi connectivity index (χ0v) is 21.4. The molecule has 3 aromatic rings. The number of hydrogen-bond donors (Lipinski definition) is 2. The number of Topliss-reactive ketones (excluding diaryl/α,β-unsaturated/α-hetero) is 1. The van der Waals surface area contributed by atoms with Crippen molar-refractivity contribution in [3.05, 3.63) is 100 Å². The Morgan fingerprint density at radius 1 is 1.03 bits per heavy atom. The van der Waals surface area contributed by atoms with Crippen LogP contribution in [-0.4, -0.2) is 41.6 Å². The predicted octanol–water partition coefficient (Wildman–Crippen LogP) is 4.11. The first-order chi connectivity index (χ1) is 18.7. The van der Waals surface area contributed by atoms with E-state index in [1.165, 1.54) is 17.9 Å². The molecule has 9 heteroatoms. The van der Waals surface area contributed by atoms with E-state index in [9.17, 15) is 28.3 Å². The molecule has 7 nitrogen and oxygen atoms in total. The summed E-state index contributed by atoms with van der Waals surface area (Å²) >= 11 is 0. The van der Waals surface area contributed by atoms with Gasteiger partial charge in [0.05, 0.1) is 23.4 Å². The number of para-hydroxylation sites is 1. The number of benzene rings is 3. The van der Waals surface area contributed by atoms with E-state index in [1.54, 1.807) is 31.3 Å². The number of anilines is 1. The van der Waals surface area contributed by atoms with Gasteiger partial charge >= 0.3 is 0 Å². The number of carbonyl (C=O) groups excluding carboxylic acids is 3. The van der Waals surface area contributed by atoms with Crippen LogP contribution in [-0.2, 0) is 16.0 Å². The monoisotopic (exact) mass is 531 g/mol. The Hall–Kier alpha value is -4.24. The lowest BCUT2D eigenvalue weighted by Crippen LogP contribution is -2.48. The normalized spacial score (nSPS) is 18.4. The number of likely N-dealkylation sites (N-methyl/N-ethyl adjacent to an activating group) is 1. The van der Waals surface area contributed by atoms with E-state index in [4.69, 9.17) is 0 Å². The highest BCUT2D eigenvalue weighted by Crippen LogP contribution is 2.30. The third kappa shape index (κ3) is 4.97. The number of ketones is 1. The molecule has 5 rings (SSSR count). The second-order valence-corrected chi connectivity index (χ2v) is 9.86. The Bertz CT molecular complexity index is 1520. The Kier molecular flexibility index (Phi) is 7.10. The summed E-state index contributed by atoms with van der Waals surface area (Å²) < 4.78 is 27.0. The third-order valence-corrected chi connectivity index (χ3v) is 7.32. The Balaban J connectivity index is 1.50. The van der Waals surface area contributed by atoms with Crippen molar-refractivity contribution in [2.45, 2.75) is 38.5 Å². The number of aliphatic imine (C=N–C) groups is 1. The highest BCUT2D eigenvalue weighted by atomic mass is 19.2. The van der Waals surface area contributed by atoms with Gasteiger partial charge in [-0.25, -0.2) is 13.8 Å². The maximum Gasteiger partial charge on any atom is 0.272 e. The number of aryl methyl sites for hydroxylation is 1. The van der Waals surface area contributed by atoms with Crippen LogP contribution in [0.3, 0.4) is 0 Å². The van der Waals surface area contributed by atoms with Gasteiger partial charge in [-0.15, -0.1) is 0 Å². The highest BCUT2D eigenvalue weighted by Gasteiger charge is 2.34. The molecule has 0 radical (unpaired) electrons. The van der Waals surface area contributed by atoms with E-state index in [0.717, 1.165) is 30.5 Å². The van der Waals surface area contributed by atoms with Crippen LogP contribution in [0.4, 0.5) is 14.5 Å². The first-order valence-corrected chi connectivity index (χ1v) is 12.7. The number of benzodiazepines with no additional fused rings is 1. The van der Waals surface area contributed by atoms with Crippen LogP contribution in [0, 0.1) is 17.6 Å². The van der Waals surface area contributed by atoms with E-state index >= 15 is 0 Å². The minimum absolute atomic E-state index is 0.0288. The minimum atomic E-state index is -1.45. The molecule has 1 aliphatic heterocycles. The zero-order chi connectivity index (χ0) is 27.8. The van der Waals surface area contributed by atoms with Crippen molar-refractivity contribution in [3.8, 4) is 0 Å². The second kappa shape index (κ2) is 10.5. The van der Waals surface area contributed by atoms with Crippen molar-refractivity contribution in [1.29, 1.82) is 0 Å². The number of carbonyl (C=O) groups is 3. The predicted molar refractivity (Wildman–Crippen MR) is 142 cm³/mol. The highest BCUT2D eigenvalue weighted by molar-refractivity contribution is 6.20. The van der Waals surface area contributed by atoms with Crippen LogP contribution in [0.15, 0.2) is 65.7 Å². The zero-order valence-electron chi connectivity index (χ0n) is 21.4. The topological polar surface area (TPSA) is 99.1 Å². The largest absolute Gasteiger partial charge is 0.388 e. The van der Waals surface area contributed by atoms with Crippen LogP contribution in [0.5, 0.6) is 0 Å². The number of rotatable bonds is 5. The summed E-state index contributed by atoms with van der Waals surface area (Å²) in [5, 5.41) is 13.3. The summed E-state index contributed by atoms with van der Waals surface area (Å²) in [4.78, 5) is 45.1. The third-order valence-electron chi connectivity index (χ3n) is 7.32. The first kappa shape index (κ1) is 26.4. The van der Waals surface area contributed by atoms with Gasteiger partial charge in [0.1, 0.15) is 0 Å². The van der Waals surface area contributed by atoms with Gasteiger partial charge in [-0.05, 0) is 48.2 Å². The van der Waals surface area contributed by atoms with E-state index in [0.29, 0.717) is 34.5 Å². The molecule has 200 valence electrons. The van der Waals surface area contributed by atoms with Crippen LogP contribution < -0.4 is 10.2 Å². The molecular formula is C30H27F2N3O4. The summed E-state index contributed by atoms with van der Waals surface area (Å²) in [7, 11) is 1.59. The fraction of sp³-hybridized carbons (Fsp3) is 0.267. The lowest BCUT2D eigenvalue weighted by Gasteiger charge is -2.23. The molecule has 3 atom stereocenters. The van der Waals surface area contributed by atoms with Crippen molar-refractivity contribution in [3.63, 3.8) is 0 Å². The molecule has 2 aliphatic rings. The van der Waals surface area contributed by atoms with Crippen LogP contribution >= 0.6 is 0 Å². The van der Waals surface area contributed by atoms with Gasteiger partial charge in [0.25, 0.3) is 5.91 Å². The van der Waals surface area contributed by atoms with Crippen LogP contribution in [0.1, 0.15) is 58.5 Å². The van der Waals surface area contributed by atoms with Crippen molar-refractivity contribution < 1.29 is 28.3 Å². The molecule has 0 fully saturated rings. The SMILES string of the molecule is C[C@@H](C(=O)NC1N=C(c2ccc3c(c2)CCCC3=O)c2ccccc2N(C)C1=O)[C@@H](O)c1ccc(F)c(F)c1. The molecule has 2 N–H and O–H groups in total. The number of aliphatic hydroxyl groups is 1. The standard InChI is InChI=1S/C30H27F2N3O4/c1-16(27(37)19-11-13-22(31)23(32)15-19)29(38)34-28-30(39)35(2)24-8-4-3-7-21(24)26(33-28)18-10-12-20-17(14-18)6-5-9-25(20)36/h3-4,7-8,10-16,27-28,37H,5-6,9H2,1-2H3,(H,34,38)/t16-,27-,28?/m1/s1. The van der Waals surface area contributed by atoms with Gasteiger partial charge in [-0.3, -0.25) is 14.4 Å². The lowest BCUT2D eigenvalue weighted by atomic mass is 9.88. The number of nitrogens with zero attached hydrogens (tertiary/aromatic N) is 2. The minimum Gasteiger partial charge on any atom is -0.388 e. The smallest absolute Gasteiger partial charge is 0.272 e. The average Bonchev–Trinajstić information content (AvgIpc) is 3.04. The lowest BCUT2D eigenvalue weighted by molar-refractivity contribution is -0.132. The fourth-order valence-corrected chi connectivity index (χ4v) is 5.03. The van der Waals surface area contributed by atoms with E-state index in [-0.39, 0.29) is 11.3 Å². The van der Waals surface area contributed by atoms with Crippen molar-refractivity contribution in [1.82, 2.24) is 5.32 Å². The molecule has 1 heterocycles. The van der Waals surface area contributed by atoms with Crippen molar-refractivity contribution in [2.75, 3.05) is 11.9 Å². The summed E-state index contributed by atoms with van der Waals surface area (Å²) in [5.41, 5.74) is 4.09. The number of amides is 2. The molecule has 39 heavy (non-hydrogen) atoms. The number of hydrogen-bond acceptors (Lipinski definition) is 5. The Labute approximate surface area is 224 Å². The van der Waals surface area contributed by atoms with Gasteiger partial charge in [0.2, 0.25) is 12.1 Å². The summed E-state index contributed by atoms with van der Waals surface area (Å²) in [6, 6.07) is 15.6. The average molecular weight is 532 g/mol. The summed E-state index contributed by atoms with van der Waals surface area (Å²) in [6.07, 6.45) is -0.740. The molecule has 0 saturated heterocycles. The number of fused-ring (bicyclic) bond motifs is 2. The van der Waals surface area contributed by atoms with Crippen LogP contribution in [0.25, 0.3) is 0 Å². The fourth-order valence-electron chi connectivity index (χ4n) is 5.03. The van der Waals surface area contributed by atoms with Crippen molar-refractivity contribution in [2.24, 2.45) is 10.9 Å². The molecule has 0 aromatic heterocycles. The van der Waals surface area contributed by atoms with Gasteiger partial charge in [-0.1, -0.05) is 43.3 Å². The molecule has 1 unspecified atom stereocenters. The van der Waals surface area contributed by atoms with Crippen LogP contribution in [0.2, 0.25) is 0 Å². The maximum absolute atomic E-state index is 13.7. The van der Waals surface area contributed by atoms with Crippen molar-refractivity contribution >= 4 is 29.0 Å². The molecule has 0 spiro atoms. The van der Waals surface area contributed by atoms with E-state index in [1.807, 2.05) is 18.2 Å². The Morgan fingerprint density at radius 2 is 1.79 bits per heavy atom. The molecule has 2 amide bonds. The van der Waals surface area contributed by atoms with Gasteiger partial charge in [-0.2, -0.15) is 0 Å². The summed E-state index contributed by atoms with van der Waals surface area (Å²) in [6.45, 7) is 1.42. The number of halogens is 2. The Morgan fingerprint density at radius 3 is 2.56 bits per heavy atom. The van der Waals surface area contributed by atoms with E-state index < -0.39 is 41.6 Å². The molecule has 1 aliphatic carbocycles. The van der Waals surface area contributed by atoms with Gasteiger partial charge < -0.3 is 15.3 Å². The summed E-state index contributed by atoms with van der Waals surface area (Å²) in [5.74, 6) is -4.40. The number of aliphatic hydroxyl groups excluding tert-OH is 1. The van der Waals surface area contributed by atoms with Gasteiger partial charge in [0.15, 0.2) is 17.4 Å². The molecule has 0 saturated carbocycles. The second-order valence-electron chi connectivity index (χ2n) is 9.86. The van der Waals surface area contributed by atoms with E-state index in [2.05, 4.69) is 10.3 Å². The maximum atomic E-state index is 13.7. The van der Waals surface area contributed by atoms with Gasteiger partial charge in [0, 0.05) is 30.2 Å². The quantitative estimate of drug-likeness (QED) is 0.518. The molecular weight excluding hydrogens is 504 g/mol. The first-order valence-electron chi connectivity index (χ1n) is 12.7.